The van der Waals surface area contributed by atoms with Crippen LogP contribution in [0.1, 0.15) is 31.1 Å². The summed E-state index contributed by atoms with van der Waals surface area (Å²) in [6.45, 7) is 0. The number of hydrogen-bond donors (Lipinski definition) is 2. The van der Waals surface area contributed by atoms with E-state index in [1.807, 2.05) is 12.1 Å². The van der Waals surface area contributed by atoms with Gasteiger partial charge in [0, 0.05) is 11.4 Å². The Labute approximate surface area is 154 Å². The third-order valence-electron chi connectivity index (χ3n) is 3.96. The van der Waals surface area contributed by atoms with E-state index in [0.717, 1.165) is 6.07 Å². The second-order valence-electron chi connectivity index (χ2n) is 5.68. The van der Waals surface area contributed by atoms with Gasteiger partial charge in [-0.1, -0.05) is 36.4 Å². The summed E-state index contributed by atoms with van der Waals surface area (Å²) in [6.07, 6.45) is 0. The Kier molecular flexibility index (Phi) is 4.99. The molecule has 0 unspecified atom stereocenters. The molecule has 134 valence electrons. The molecule has 0 spiro atoms. The van der Waals surface area contributed by atoms with Crippen LogP contribution < -0.4 is 4.90 Å². The number of benzene rings is 3. The highest BCUT2D eigenvalue weighted by atomic mass is 16.4. The molecule has 0 aliphatic heterocycles. The lowest BCUT2D eigenvalue weighted by Gasteiger charge is -2.24. The number of hydrogen-bond acceptors (Lipinski definition) is 3. The molecular weight excluding hydrogens is 346 g/mol. The molecule has 0 heterocycles. The van der Waals surface area contributed by atoms with Crippen molar-refractivity contribution in [3.8, 4) is 0 Å². The van der Waals surface area contributed by atoms with Crippen LogP contribution in [0.25, 0.3) is 0 Å². The second-order valence-corrected chi connectivity index (χ2v) is 5.68. The van der Waals surface area contributed by atoms with Crippen molar-refractivity contribution in [1.82, 2.24) is 0 Å². The molecule has 0 atom stereocenters. The Hall–Kier alpha value is -3.93. The quantitative estimate of drug-likeness (QED) is 0.714. The lowest BCUT2D eigenvalue weighted by atomic mass is 10.0. The van der Waals surface area contributed by atoms with Gasteiger partial charge in [-0.25, -0.2) is 9.59 Å². The molecule has 0 saturated carbocycles. The van der Waals surface area contributed by atoms with E-state index < -0.39 is 17.8 Å². The van der Waals surface area contributed by atoms with Crippen LogP contribution in [-0.2, 0) is 0 Å². The summed E-state index contributed by atoms with van der Waals surface area (Å²) >= 11 is 0. The van der Waals surface area contributed by atoms with Crippen molar-refractivity contribution in [2.24, 2.45) is 0 Å². The normalized spacial score (nSPS) is 10.2. The molecule has 2 N–H and O–H groups in total. The zero-order valence-corrected chi connectivity index (χ0v) is 14.1. The summed E-state index contributed by atoms with van der Waals surface area (Å²) in [4.78, 5) is 37.4. The first kappa shape index (κ1) is 17.9. The molecule has 6 nitrogen and oxygen atoms in total. The van der Waals surface area contributed by atoms with E-state index in [4.69, 9.17) is 5.11 Å². The molecule has 0 aliphatic rings. The number of nitrogens with zero attached hydrogens (tertiary/aromatic N) is 1. The maximum atomic E-state index is 13.3. The van der Waals surface area contributed by atoms with Crippen molar-refractivity contribution >= 4 is 29.2 Å². The Morgan fingerprint density at radius 1 is 0.630 bits per heavy atom. The predicted octanol–water partition coefficient (Wildman–Crippen LogP) is 4.06. The van der Waals surface area contributed by atoms with Crippen LogP contribution in [0.4, 0.5) is 11.4 Å². The number of carbonyl (C=O) groups is 3. The Bertz CT molecular complexity index is 960. The van der Waals surface area contributed by atoms with Crippen molar-refractivity contribution < 1.29 is 24.6 Å². The number of anilines is 2. The molecule has 1 amide bonds. The summed E-state index contributed by atoms with van der Waals surface area (Å²) in [5, 5.41) is 18.6. The van der Waals surface area contributed by atoms with E-state index in [-0.39, 0.29) is 16.7 Å². The third-order valence-corrected chi connectivity index (χ3v) is 3.96. The number of amides is 1. The fourth-order valence-electron chi connectivity index (χ4n) is 2.70. The van der Waals surface area contributed by atoms with Gasteiger partial charge in [0.25, 0.3) is 5.91 Å². The number of carbonyl (C=O) groups excluding carboxylic acids is 1. The van der Waals surface area contributed by atoms with Gasteiger partial charge >= 0.3 is 11.9 Å². The van der Waals surface area contributed by atoms with Crippen molar-refractivity contribution in [3.63, 3.8) is 0 Å². The Morgan fingerprint density at radius 2 is 1.15 bits per heavy atom. The Morgan fingerprint density at radius 3 is 1.59 bits per heavy atom. The number of carboxylic acid groups (broad SMARTS) is 2. The molecule has 0 aromatic heterocycles. The highest BCUT2D eigenvalue weighted by Gasteiger charge is 2.25. The molecule has 3 aromatic carbocycles. The molecule has 6 heteroatoms. The van der Waals surface area contributed by atoms with E-state index in [1.165, 1.54) is 17.0 Å². The first-order chi connectivity index (χ1) is 13.0. The molecule has 0 aliphatic carbocycles. The molecule has 0 fully saturated rings. The van der Waals surface area contributed by atoms with Gasteiger partial charge in [0.1, 0.15) is 0 Å². The first-order valence-electron chi connectivity index (χ1n) is 8.04. The standard InChI is InChI=1S/C21H15NO5/c23-19(17-12-11-14(20(24)25)13-18(17)21(26)27)22(15-7-3-1-4-8-15)16-9-5-2-6-10-16/h1-13H,(H,24,25)(H,26,27). The SMILES string of the molecule is O=C(O)c1ccc(C(=O)N(c2ccccc2)c2ccccc2)c(C(=O)O)c1. The van der Waals surface area contributed by atoms with E-state index >= 15 is 0 Å². The maximum absolute atomic E-state index is 13.3. The smallest absolute Gasteiger partial charge is 0.336 e. The van der Waals surface area contributed by atoms with Gasteiger partial charge in [0.05, 0.1) is 16.7 Å². The highest BCUT2D eigenvalue weighted by Crippen LogP contribution is 2.28. The monoisotopic (exact) mass is 361 g/mol. The van der Waals surface area contributed by atoms with Gasteiger partial charge < -0.3 is 10.2 Å². The maximum Gasteiger partial charge on any atom is 0.336 e. The number of rotatable bonds is 5. The first-order valence-corrected chi connectivity index (χ1v) is 8.04. The largest absolute Gasteiger partial charge is 0.478 e. The van der Waals surface area contributed by atoms with E-state index in [9.17, 15) is 19.5 Å². The van der Waals surface area contributed by atoms with Gasteiger partial charge in [-0.3, -0.25) is 9.69 Å². The molecule has 0 saturated heterocycles. The van der Waals surface area contributed by atoms with E-state index in [1.54, 1.807) is 48.5 Å². The minimum atomic E-state index is -1.37. The van der Waals surface area contributed by atoms with Crippen molar-refractivity contribution in [1.29, 1.82) is 0 Å². The molecule has 3 aromatic rings. The summed E-state index contributed by atoms with van der Waals surface area (Å²) in [6, 6.07) is 21.1. The van der Waals surface area contributed by atoms with Gasteiger partial charge in [-0.05, 0) is 42.5 Å². The fraction of sp³-hybridized carbons (Fsp3) is 0. The van der Waals surface area contributed by atoms with Crippen molar-refractivity contribution in [2.75, 3.05) is 4.90 Å². The fourth-order valence-corrected chi connectivity index (χ4v) is 2.70. The van der Waals surface area contributed by atoms with Crippen LogP contribution in [0.15, 0.2) is 78.9 Å². The zero-order valence-electron chi connectivity index (χ0n) is 14.1. The molecular formula is C21H15NO5. The number of carboxylic acids is 2. The molecule has 0 bridgehead atoms. The summed E-state index contributed by atoms with van der Waals surface area (Å²) in [5.41, 5.74) is 0.464. The van der Waals surface area contributed by atoms with Gasteiger partial charge in [0.2, 0.25) is 0 Å². The zero-order chi connectivity index (χ0) is 19.4. The van der Waals surface area contributed by atoms with Crippen LogP contribution in [0.2, 0.25) is 0 Å². The van der Waals surface area contributed by atoms with Gasteiger partial charge in [-0.2, -0.15) is 0 Å². The lowest BCUT2D eigenvalue weighted by Crippen LogP contribution is -2.28. The van der Waals surface area contributed by atoms with Crippen LogP contribution >= 0.6 is 0 Å². The van der Waals surface area contributed by atoms with Crippen LogP contribution in [0.5, 0.6) is 0 Å². The van der Waals surface area contributed by atoms with Crippen LogP contribution in [-0.4, -0.2) is 28.1 Å². The van der Waals surface area contributed by atoms with Crippen molar-refractivity contribution in [3.05, 3.63) is 95.6 Å². The van der Waals surface area contributed by atoms with Crippen LogP contribution in [0.3, 0.4) is 0 Å². The topological polar surface area (TPSA) is 94.9 Å². The van der Waals surface area contributed by atoms with Crippen LogP contribution in [0, 0.1) is 0 Å². The average Bonchev–Trinajstić information content (AvgIpc) is 2.69. The molecule has 0 radical (unpaired) electrons. The minimum Gasteiger partial charge on any atom is -0.478 e. The van der Waals surface area contributed by atoms with Gasteiger partial charge in [-0.15, -0.1) is 0 Å². The molecule has 27 heavy (non-hydrogen) atoms. The average molecular weight is 361 g/mol. The summed E-state index contributed by atoms with van der Waals surface area (Å²) in [5.74, 6) is -3.20. The summed E-state index contributed by atoms with van der Waals surface area (Å²) in [7, 11) is 0. The van der Waals surface area contributed by atoms with Crippen molar-refractivity contribution in [2.45, 2.75) is 0 Å². The van der Waals surface area contributed by atoms with Gasteiger partial charge in [0.15, 0.2) is 0 Å². The summed E-state index contributed by atoms with van der Waals surface area (Å²) < 4.78 is 0. The van der Waals surface area contributed by atoms with E-state index in [0.29, 0.717) is 11.4 Å². The predicted molar refractivity (Wildman–Crippen MR) is 99.7 cm³/mol. The number of para-hydroxylation sites is 2. The molecule has 3 rings (SSSR count). The second kappa shape index (κ2) is 7.53. The minimum absolute atomic E-state index is 0.0970. The van der Waals surface area contributed by atoms with E-state index in [2.05, 4.69) is 0 Å². The Balaban J connectivity index is 2.16. The number of aromatic carboxylic acids is 2. The third kappa shape index (κ3) is 3.69. The highest BCUT2D eigenvalue weighted by molar-refractivity contribution is 6.15. The lowest BCUT2D eigenvalue weighted by molar-refractivity contribution is 0.0692.